The standard InChI is InChI=1S/C11H22N2O2/c1-9(2)15-8-11(14)12-10-4-6-13(3)7-5-10/h9-10H,4-8H2,1-3H3,(H,12,14). The van der Waals surface area contributed by atoms with Crippen LogP contribution in [0, 0.1) is 0 Å². The van der Waals surface area contributed by atoms with Crippen LogP contribution in [0.5, 0.6) is 0 Å². The van der Waals surface area contributed by atoms with E-state index in [1.807, 2.05) is 13.8 Å². The summed E-state index contributed by atoms with van der Waals surface area (Å²) in [5.74, 6) is 0.0123. The highest BCUT2D eigenvalue weighted by Gasteiger charge is 2.18. The van der Waals surface area contributed by atoms with Gasteiger partial charge in [-0.05, 0) is 46.8 Å². The van der Waals surface area contributed by atoms with Crippen LogP contribution in [-0.4, -0.2) is 49.7 Å². The lowest BCUT2D eigenvalue weighted by molar-refractivity contribution is -0.128. The van der Waals surface area contributed by atoms with Gasteiger partial charge in [0.1, 0.15) is 6.61 Å². The molecule has 0 aromatic heterocycles. The van der Waals surface area contributed by atoms with Crippen LogP contribution in [0.25, 0.3) is 0 Å². The van der Waals surface area contributed by atoms with Gasteiger partial charge in [-0.2, -0.15) is 0 Å². The first-order chi connectivity index (χ1) is 7.08. The molecule has 1 heterocycles. The molecule has 0 aromatic carbocycles. The van der Waals surface area contributed by atoms with Gasteiger partial charge in [0, 0.05) is 6.04 Å². The van der Waals surface area contributed by atoms with Gasteiger partial charge in [-0.3, -0.25) is 4.79 Å². The van der Waals surface area contributed by atoms with Crippen molar-refractivity contribution in [2.24, 2.45) is 0 Å². The van der Waals surface area contributed by atoms with Gasteiger partial charge in [0.15, 0.2) is 0 Å². The second-order valence-electron chi connectivity index (χ2n) is 4.50. The number of nitrogens with one attached hydrogen (secondary N) is 1. The van der Waals surface area contributed by atoms with E-state index in [0.717, 1.165) is 25.9 Å². The second-order valence-corrected chi connectivity index (χ2v) is 4.50. The molecule has 0 atom stereocenters. The number of ether oxygens (including phenoxy) is 1. The molecule has 15 heavy (non-hydrogen) atoms. The zero-order valence-electron chi connectivity index (χ0n) is 9.95. The molecule has 1 N–H and O–H groups in total. The Labute approximate surface area is 92.0 Å². The summed E-state index contributed by atoms with van der Waals surface area (Å²) < 4.78 is 5.24. The topological polar surface area (TPSA) is 41.6 Å². The van der Waals surface area contributed by atoms with Crippen molar-refractivity contribution in [3.05, 3.63) is 0 Å². The third-order valence-corrected chi connectivity index (χ3v) is 2.63. The molecule has 1 aliphatic heterocycles. The van der Waals surface area contributed by atoms with Crippen molar-refractivity contribution >= 4 is 5.91 Å². The molecule has 0 aromatic rings. The summed E-state index contributed by atoms with van der Waals surface area (Å²) >= 11 is 0. The van der Waals surface area contributed by atoms with Crippen LogP contribution in [0.1, 0.15) is 26.7 Å². The fraction of sp³-hybridized carbons (Fsp3) is 0.909. The number of carbonyl (C=O) groups excluding carboxylic acids is 1. The van der Waals surface area contributed by atoms with Crippen LogP contribution in [0.2, 0.25) is 0 Å². The zero-order valence-corrected chi connectivity index (χ0v) is 9.95. The predicted octanol–water partition coefficient (Wildman–Crippen LogP) is 0.622. The molecule has 1 amide bonds. The van der Waals surface area contributed by atoms with E-state index in [4.69, 9.17) is 4.74 Å². The highest BCUT2D eigenvalue weighted by atomic mass is 16.5. The highest BCUT2D eigenvalue weighted by Crippen LogP contribution is 2.07. The molecule has 88 valence electrons. The molecule has 1 rings (SSSR count). The van der Waals surface area contributed by atoms with Gasteiger partial charge in [0.25, 0.3) is 0 Å². The third kappa shape index (κ3) is 5.14. The van der Waals surface area contributed by atoms with Crippen molar-refractivity contribution in [2.75, 3.05) is 26.7 Å². The Balaban J connectivity index is 2.15. The van der Waals surface area contributed by atoms with Crippen LogP contribution in [0.3, 0.4) is 0 Å². The minimum atomic E-state index is 0.0123. The number of nitrogens with zero attached hydrogens (tertiary/aromatic N) is 1. The van der Waals surface area contributed by atoms with Gasteiger partial charge in [0.05, 0.1) is 6.10 Å². The van der Waals surface area contributed by atoms with E-state index >= 15 is 0 Å². The number of amides is 1. The fourth-order valence-corrected chi connectivity index (χ4v) is 1.66. The summed E-state index contributed by atoms with van der Waals surface area (Å²) in [7, 11) is 2.11. The number of carbonyl (C=O) groups is 1. The molecule has 0 aliphatic carbocycles. The maximum Gasteiger partial charge on any atom is 0.246 e. The summed E-state index contributed by atoms with van der Waals surface area (Å²) in [6, 6.07) is 0.337. The van der Waals surface area contributed by atoms with Gasteiger partial charge in [0.2, 0.25) is 5.91 Å². The lowest BCUT2D eigenvalue weighted by Crippen LogP contribution is -2.44. The lowest BCUT2D eigenvalue weighted by Gasteiger charge is -2.29. The van der Waals surface area contributed by atoms with Crippen molar-refractivity contribution in [2.45, 2.75) is 38.8 Å². The van der Waals surface area contributed by atoms with Crippen molar-refractivity contribution in [1.29, 1.82) is 0 Å². The van der Waals surface area contributed by atoms with Crippen LogP contribution in [0.15, 0.2) is 0 Å². The van der Waals surface area contributed by atoms with Crippen LogP contribution >= 0.6 is 0 Å². The molecule has 1 fully saturated rings. The van der Waals surface area contributed by atoms with Gasteiger partial charge in [-0.25, -0.2) is 0 Å². The Bertz CT molecular complexity index is 199. The molecule has 1 saturated heterocycles. The fourth-order valence-electron chi connectivity index (χ4n) is 1.66. The van der Waals surface area contributed by atoms with Crippen LogP contribution in [-0.2, 0) is 9.53 Å². The molecule has 0 unspecified atom stereocenters. The maximum atomic E-state index is 11.4. The molecule has 0 radical (unpaired) electrons. The first-order valence-corrected chi connectivity index (χ1v) is 5.67. The monoisotopic (exact) mass is 214 g/mol. The molecular weight excluding hydrogens is 192 g/mol. The number of rotatable bonds is 4. The molecule has 0 saturated carbocycles. The minimum absolute atomic E-state index is 0.0123. The zero-order chi connectivity index (χ0) is 11.3. The van der Waals surface area contributed by atoms with Gasteiger partial charge in [-0.1, -0.05) is 0 Å². The summed E-state index contributed by atoms with van der Waals surface area (Å²) in [5.41, 5.74) is 0. The van der Waals surface area contributed by atoms with E-state index in [9.17, 15) is 4.79 Å². The summed E-state index contributed by atoms with van der Waals surface area (Å²) in [4.78, 5) is 13.7. The normalized spacial score (nSPS) is 19.5. The van der Waals surface area contributed by atoms with Gasteiger partial charge in [-0.15, -0.1) is 0 Å². The van der Waals surface area contributed by atoms with E-state index < -0.39 is 0 Å². The lowest BCUT2D eigenvalue weighted by atomic mass is 10.1. The van der Waals surface area contributed by atoms with Crippen LogP contribution in [0.4, 0.5) is 0 Å². The summed E-state index contributed by atoms with van der Waals surface area (Å²) in [6.07, 6.45) is 2.21. The SMILES string of the molecule is CC(C)OCC(=O)NC1CCN(C)CC1. The number of likely N-dealkylation sites (tertiary alicyclic amines) is 1. The summed E-state index contributed by atoms with van der Waals surface area (Å²) in [6.45, 7) is 6.18. The molecule has 1 aliphatic rings. The first-order valence-electron chi connectivity index (χ1n) is 5.67. The van der Waals surface area contributed by atoms with E-state index in [1.54, 1.807) is 0 Å². The minimum Gasteiger partial charge on any atom is -0.369 e. The molecule has 0 bridgehead atoms. The number of hydrogen-bond donors (Lipinski definition) is 1. The van der Waals surface area contributed by atoms with Gasteiger partial charge >= 0.3 is 0 Å². The summed E-state index contributed by atoms with van der Waals surface area (Å²) in [5, 5.41) is 3.00. The van der Waals surface area contributed by atoms with Gasteiger partial charge < -0.3 is 15.0 Å². The predicted molar refractivity (Wildman–Crippen MR) is 59.7 cm³/mol. The second kappa shape index (κ2) is 6.08. The quantitative estimate of drug-likeness (QED) is 0.746. The Morgan fingerprint density at radius 1 is 1.47 bits per heavy atom. The van der Waals surface area contributed by atoms with Crippen molar-refractivity contribution in [3.63, 3.8) is 0 Å². The largest absolute Gasteiger partial charge is 0.369 e. The van der Waals surface area contributed by atoms with Crippen molar-refractivity contribution < 1.29 is 9.53 Å². The smallest absolute Gasteiger partial charge is 0.246 e. The van der Waals surface area contributed by atoms with E-state index in [1.165, 1.54) is 0 Å². The maximum absolute atomic E-state index is 11.4. The average Bonchev–Trinajstić information content (AvgIpc) is 2.19. The van der Waals surface area contributed by atoms with Crippen molar-refractivity contribution in [1.82, 2.24) is 10.2 Å². The Hall–Kier alpha value is -0.610. The molecule has 4 nitrogen and oxygen atoms in total. The Kier molecular flexibility index (Phi) is 5.05. The van der Waals surface area contributed by atoms with E-state index in [0.29, 0.717) is 6.04 Å². The highest BCUT2D eigenvalue weighted by molar-refractivity contribution is 5.77. The molecule has 4 heteroatoms. The molecule has 0 spiro atoms. The number of piperidine rings is 1. The average molecular weight is 214 g/mol. The van der Waals surface area contributed by atoms with Crippen molar-refractivity contribution in [3.8, 4) is 0 Å². The Morgan fingerprint density at radius 3 is 2.60 bits per heavy atom. The molecular formula is C11H22N2O2. The van der Waals surface area contributed by atoms with E-state index in [2.05, 4.69) is 17.3 Å². The van der Waals surface area contributed by atoms with E-state index in [-0.39, 0.29) is 18.6 Å². The third-order valence-electron chi connectivity index (χ3n) is 2.63. The van der Waals surface area contributed by atoms with Crippen LogP contribution < -0.4 is 5.32 Å². The Morgan fingerprint density at radius 2 is 2.07 bits per heavy atom. The number of hydrogen-bond acceptors (Lipinski definition) is 3. The first kappa shape index (κ1) is 12.5.